The van der Waals surface area contributed by atoms with Crippen LogP contribution in [0.1, 0.15) is 25.3 Å². The molecule has 1 aliphatic rings. The topological polar surface area (TPSA) is 108 Å². The summed E-state index contributed by atoms with van der Waals surface area (Å²) in [5.74, 6) is -3.84. The summed E-state index contributed by atoms with van der Waals surface area (Å²) in [6, 6.07) is 7.97. The molecule has 0 saturated carbocycles. The Bertz CT molecular complexity index is 719. The molecule has 1 fully saturated rings. The van der Waals surface area contributed by atoms with E-state index in [0.29, 0.717) is 12.8 Å². The standard InChI is InChI=1S/C20H25NO8/c1-13(22)29-15-10-7-11-21(17(15)16(18(23)26-2)19(24)27-3)20(25)28-12-14-8-5-4-6-9-14/h4-6,8-9,15-17H,7,10-12H2,1-3H3/t15-,17-/m0/s1. The van der Waals surface area contributed by atoms with E-state index in [0.717, 1.165) is 19.8 Å². The molecule has 0 unspecified atom stereocenters. The van der Waals surface area contributed by atoms with Crippen molar-refractivity contribution in [3.63, 3.8) is 0 Å². The molecule has 158 valence electrons. The van der Waals surface area contributed by atoms with Gasteiger partial charge in [0.15, 0.2) is 5.92 Å². The average Bonchev–Trinajstić information content (AvgIpc) is 2.73. The number of amides is 1. The molecule has 1 aliphatic heterocycles. The van der Waals surface area contributed by atoms with Crippen LogP contribution in [0.25, 0.3) is 0 Å². The molecule has 2 atom stereocenters. The van der Waals surface area contributed by atoms with Gasteiger partial charge in [0.1, 0.15) is 12.7 Å². The molecule has 0 aliphatic carbocycles. The first-order chi connectivity index (χ1) is 13.9. The van der Waals surface area contributed by atoms with Crippen molar-refractivity contribution in [3.8, 4) is 0 Å². The number of benzene rings is 1. The van der Waals surface area contributed by atoms with Crippen molar-refractivity contribution in [1.29, 1.82) is 0 Å². The van der Waals surface area contributed by atoms with E-state index in [1.54, 1.807) is 12.1 Å². The van der Waals surface area contributed by atoms with Crippen LogP contribution in [0.2, 0.25) is 0 Å². The molecular formula is C20H25NO8. The molecule has 1 saturated heterocycles. The first kappa shape index (κ1) is 22.2. The van der Waals surface area contributed by atoms with Crippen LogP contribution in [0.15, 0.2) is 30.3 Å². The number of ether oxygens (including phenoxy) is 4. The Hall–Kier alpha value is -3.10. The lowest BCUT2D eigenvalue weighted by molar-refractivity contribution is -0.172. The molecule has 0 bridgehead atoms. The third-order valence-corrected chi connectivity index (χ3v) is 4.64. The number of piperidine rings is 1. The van der Waals surface area contributed by atoms with E-state index in [1.807, 2.05) is 18.2 Å². The number of carbonyl (C=O) groups is 4. The van der Waals surface area contributed by atoms with Crippen molar-refractivity contribution in [1.82, 2.24) is 4.90 Å². The predicted octanol–water partition coefficient (Wildman–Crippen LogP) is 1.68. The number of esters is 3. The summed E-state index contributed by atoms with van der Waals surface area (Å²) in [4.78, 5) is 50.3. The fourth-order valence-electron chi connectivity index (χ4n) is 3.36. The molecule has 1 amide bonds. The molecule has 2 rings (SSSR count). The summed E-state index contributed by atoms with van der Waals surface area (Å²) in [5.41, 5.74) is 0.781. The molecule has 0 N–H and O–H groups in total. The quantitative estimate of drug-likeness (QED) is 0.398. The van der Waals surface area contributed by atoms with Gasteiger partial charge in [-0.15, -0.1) is 0 Å². The van der Waals surface area contributed by atoms with E-state index in [-0.39, 0.29) is 13.2 Å². The first-order valence-corrected chi connectivity index (χ1v) is 9.19. The molecule has 29 heavy (non-hydrogen) atoms. The van der Waals surface area contributed by atoms with E-state index in [1.165, 1.54) is 11.8 Å². The number of methoxy groups -OCH3 is 2. The fraction of sp³-hybridized carbons (Fsp3) is 0.500. The van der Waals surface area contributed by atoms with Crippen LogP contribution in [0.4, 0.5) is 4.79 Å². The number of rotatable bonds is 6. The van der Waals surface area contributed by atoms with Gasteiger partial charge in [-0.3, -0.25) is 14.4 Å². The van der Waals surface area contributed by atoms with Gasteiger partial charge in [-0.25, -0.2) is 4.79 Å². The van der Waals surface area contributed by atoms with Crippen molar-refractivity contribution >= 4 is 24.0 Å². The monoisotopic (exact) mass is 407 g/mol. The van der Waals surface area contributed by atoms with E-state index in [4.69, 9.17) is 18.9 Å². The number of likely N-dealkylation sites (tertiary alicyclic amines) is 1. The van der Waals surface area contributed by atoms with Gasteiger partial charge < -0.3 is 23.8 Å². The second kappa shape index (κ2) is 10.4. The van der Waals surface area contributed by atoms with E-state index < -0.39 is 42.1 Å². The Kier molecular flexibility index (Phi) is 7.99. The van der Waals surface area contributed by atoms with Crippen molar-refractivity contribution in [2.45, 2.75) is 38.5 Å². The molecule has 1 aromatic rings. The zero-order chi connectivity index (χ0) is 21.4. The summed E-state index contributed by atoms with van der Waals surface area (Å²) in [6.45, 7) is 1.46. The minimum absolute atomic E-state index is 0.0161. The van der Waals surface area contributed by atoms with Crippen LogP contribution >= 0.6 is 0 Å². The van der Waals surface area contributed by atoms with E-state index in [9.17, 15) is 19.2 Å². The van der Waals surface area contributed by atoms with Crippen molar-refractivity contribution < 1.29 is 38.1 Å². The Morgan fingerprint density at radius 1 is 1.07 bits per heavy atom. The summed E-state index contributed by atoms with van der Waals surface area (Å²) in [5, 5.41) is 0. The lowest BCUT2D eigenvalue weighted by Crippen LogP contribution is -2.59. The maximum Gasteiger partial charge on any atom is 0.410 e. The third kappa shape index (κ3) is 5.69. The van der Waals surface area contributed by atoms with Gasteiger partial charge in [0.2, 0.25) is 0 Å². The van der Waals surface area contributed by atoms with Crippen LogP contribution in [-0.2, 0) is 39.9 Å². The summed E-state index contributed by atoms with van der Waals surface area (Å²) in [7, 11) is 2.25. The van der Waals surface area contributed by atoms with Crippen molar-refractivity contribution in [2.24, 2.45) is 5.92 Å². The lowest BCUT2D eigenvalue weighted by Gasteiger charge is -2.41. The van der Waals surface area contributed by atoms with Gasteiger partial charge in [-0.1, -0.05) is 30.3 Å². The molecule has 1 aromatic carbocycles. The van der Waals surface area contributed by atoms with Crippen LogP contribution in [0.3, 0.4) is 0 Å². The van der Waals surface area contributed by atoms with Crippen LogP contribution in [0, 0.1) is 5.92 Å². The third-order valence-electron chi connectivity index (χ3n) is 4.64. The molecular weight excluding hydrogens is 382 g/mol. The minimum Gasteiger partial charge on any atom is -0.468 e. The largest absolute Gasteiger partial charge is 0.468 e. The molecule has 9 heteroatoms. The number of nitrogens with zero attached hydrogens (tertiary/aromatic N) is 1. The highest BCUT2D eigenvalue weighted by Crippen LogP contribution is 2.29. The van der Waals surface area contributed by atoms with Gasteiger partial charge in [0.25, 0.3) is 0 Å². The second-order valence-electron chi connectivity index (χ2n) is 6.54. The van der Waals surface area contributed by atoms with Gasteiger partial charge >= 0.3 is 24.0 Å². The van der Waals surface area contributed by atoms with Crippen LogP contribution in [-0.4, -0.2) is 61.8 Å². The first-order valence-electron chi connectivity index (χ1n) is 9.19. The lowest BCUT2D eigenvalue weighted by atomic mass is 9.87. The zero-order valence-corrected chi connectivity index (χ0v) is 16.7. The van der Waals surface area contributed by atoms with Crippen molar-refractivity contribution in [2.75, 3.05) is 20.8 Å². The average molecular weight is 407 g/mol. The highest BCUT2D eigenvalue weighted by Gasteiger charge is 2.49. The Morgan fingerprint density at radius 3 is 2.24 bits per heavy atom. The van der Waals surface area contributed by atoms with Gasteiger partial charge in [0, 0.05) is 13.5 Å². The summed E-state index contributed by atoms with van der Waals surface area (Å²) >= 11 is 0. The Morgan fingerprint density at radius 2 is 1.69 bits per heavy atom. The summed E-state index contributed by atoms with van der Waals surface area (Å²) in [6.07, 6.45) is -0.733. The fourth-order valence-corrected chi connectivity index (χ4v) is 3.36. The normalized spacial score (nSPS) is 18.7. The Labute approximate surface area is 168 Å². The molecule has 9 nitrogen and oxygen atoms in total. The van der Waals surface area contributed by atoms with Crippen LogP contribution < -0.4 is 0 Å². The van der Waals surface area contributed by atoms with E-state index >= 15 is 0 Å². The molecule has 1 heterocycles. The minimum atomic E-state index is -1.47. The molecule has 0 spiro atoms. The SMILES string of the molecule is COC(=O)C(C(=O)OC)[C@@H]1[C@@H](OC(C)=O)CCCN1C(=O)OCc1ccccc1. The number of hydrogen-bond acceptors (Lipinski definition) is 8. The summed E-state index contributed by atoms with van der Waals surface area (Å²) < 4.78 is 20.2. The van der Waals surface area contributed by atoms with Crippen molar-refractivity contribution in [3.05, 3.63) is 35.9 Å². The van der Waals surface area contributed by atoms with Gasteiger partial charge in [0.05, 0.1) is 20.3 Å². The highest BCUT2D eigenvalue weighted by atomic mass is 16.6. The maximum absolute atomic E-state index is 12.8. The zero-order valence-electron chi connectivity index (χ0n) is 16.7. The smallest absolute Gasteiger partial charge is 0.410 e. The second-order valence-corrected chi connectivity index (χ2v) is 6.54. The highest BCUT2D eigenvalue weighted by molar-refractivity contribution is 5.96. The number of carbonyl (C=O) groups excluding carboxylic acids is 4. The molecule has 0 aromatic heterocycles. The van der Waals surface area contributed by atoms with Crippen LogP contribution in [0.5, 0.6) is 0 Å². The van der Waals surface area contributed by atoms with E-state index in [2.05, 4.69) is 0 Å². The van der Waals surface area contributed by atoms with Gasteiger partial charge in [-0.05, 0) is 18.4 Å². The number of hydrogen-bond donors (Lipinski definition) is 0. The predicted molar refractivity (Wildman–Crippen MR) is 99.4 cm³/mol. The van der Waals surface area contributed by atoms with Gasteiger partial charge in [-0.2, -0.15) is 0 Å². The Balaban J connectivity index is 2.29. The molecule has 0 radical (unpaired) electrons. The maximum atomic E-state index is 12.8.